The summed E-state index contributed by atoms with van der Waals surface area (Å²) < 4.78 is 10.6. The van der Waals surface area contributed by atoms with Crippen LogP contribution in [-0.4, -0.2) is 29.9 Å². The Morgan fingerprint density at radius 3 is 1.13 bits per heavy atom. The average Bonchev–Trinajstić information content (AvgIpc) is 1.57. The van der Waals surface area contributed by atoms with Crippen molar-refractivity contribution >= 4 is 94.5 Å². The van der Waals surface area contributed by atoms with Gasteiger partial charge < -0.3 is 0 Å². The van der Waals surface area contributed by atoms with Crippen LogP contribution in [0.5, 0.6) is 0 Å². The summed E-state index contributed by atoms with van der Waals surface area (Å²) >= 11 is 5.33. The van der Waals surface area contributed by atoms with E-state index < -0.39 is 0 Å². The molecule has 0 atom stereocenters. The van der Waals surface area contributed by atoms with Crippen molar-refractivity contribution in [2.45, 2.75) is 19.3 Å². The number of aromatic nitrogens is 6. The zero-order chi connectivity index (χ0) is 72.0. The van der Waals surface area contributed by atoms with Gasteiger partial charge in [0.25, 0.3) is 0 Å². The minimum atomic E-state index is -0.186. The van der Waals surface area contributed by atoms with Gasteiger partial charge in [0.05, 0.1) is 0 Å². The predicted molar refractivity (Wildman–Crippen MR) is 452 cm³/mol. The Morgan fingerprint density at radius 1 is 0.202 bits per heavy atom. The molecule has 0 bridgehead atoms. The largest absolute Gasteiger partial charge is 0.208 e. The molecule has 0 N–H and O–H groups in total. The topological polar surface area (TPSA) is 77.3 Å². The standard InChI is InChI=1S/C99H60IN6S3/c1-99(2)83-20-10-6-16-73(83)74-42-37-69(55-84(74)99)97-103-94(61-32-26-58(27-33-61)65-39-45-89-80(52-65)76-18-8-12-22-87(76)107-89)102-95(104-97)62-34-28-59(29-35-62)68-36-43-78-82-54-67(41-47-91(82)109-92(78)56-68)71-48-70(66-40-46-90-81(53-66)77-19-9-13-23-88(77)108-90)49-72(50-71)98-105-93(60-14-4-3-5-15-60)101-96(106-98)63-30-24-57(25-31-63)64-38-44-86-79(51-64)75-17-7-11-21-85(75)100-86/h3-56H,1-2H3/q-1. The first-order valence-corrected chi connectivity index (χ1v) is 41.2. The van der Waals surface area contributed by atoms with E-state index >= 15 is 0 Å². The van der Waals surface area contributed by atoms with Crippen molar-refractivity contribution in [3.8, 4) is 146 Å². The van der Waals surface area contributed by atoms with E-state index in [1.165, 1.54) is 112 Å². The molecule has 22 rings (SSSR count). The molecule has 0 radical (unpaired) electrons. The Bertz CT molecular complexity index is 7160. The van der Waals surface area contributed by atoms with E-state index in [9.17, 15) is 0 Å². The van der Waals surface area contributed by atoms with Crippen molar-refractivity contribution in [3.63, 3.8) is 0 Å². The van der Waals surface area contributed by atoms with Crippen LogP contribution in [0.15, 0.2) is 328 Å². The van der Waals surface area contributed by atoms with Crippen LogP contribution < -0.4 is 21.2 Å². The second kappa shape index (κ2) is 25.4. The predicted octanol–water partition coefficient (Wildman–Crippen LogP) is 23.9. The number of nitrogens with zero attached hydrogens (tertiary/aromatic N) is 6. The van der Waals surface area contributed by atoms with Gasteiger partial charge in [-0.25, -0.2) is 15.0 Å². The van der Waals surface area contributed by atoms with Gasteiger partial charge in [0.2, 0.25) is 0 Å². The molecule has 0 saturated carbocycles. The zero-order valence-electron chi connectivity index (χ0n) is 59.0. The van der Waals surface area contributed by atoms with E-state index in [2.05, 4.69) is 323 Å². The molecule has 1 aliphatic carbocycles. The third kappa shape index (κ3) is 11.1. The Labute approximate surface area is 651 Å². The molecule has 0 spiro atoms. The molecule has 5 aromatic heterocycles. The van der Waals surface area contributed by atoms with E-state index in [4.69, 9.17) is 29.9 Å². The number of hydrogen-bond acceptors (Lipinski definition) is 9. The van der Waals surface area contributed by atoms with Gasteiger partial charge in [-0.3, -0.25) is 0 Å². The number of thiophene rings is 3. The molecule has 0 fully saturated rings. The van der Waals surface area contributed by atoms with Crippen molar-refractivity contribution in [2.24, 2.45) is 0 Å². The van der Waals surface area contributed by atoms with E-state index in [1.54, 1.807) is 0 Å². The Balaban J connectivity index is 0.610. The molecule has 0 amide bonds. The van der Waals surface area contributed by atoms with E-state index in [0.717, 1.165) is 77.9 Å². The number of rotatable bonds is 11. The summed E-state index contributed by atoms with van der Waals surface area (Å²) in [5, 5.41) is 7.51. The Morgan fingerprint density at radius 2 is 0.560 bits per heavy atom. The summed E-state index contributed by atoms with van der Waals surface area (Å²) in [5.74, 6) is 3.72. The molecule has 512 valence electrons. The maximum atomic E-state index is 5.41. The molecule has 0 unspecified atom stereocenters. The van der Waals surface area contributed by atoms with Crippen LogP contribution in [0, 0.1) is 7.14 Å². The van der Waals surface area contributed by atoms with Gasteiger partial charge in [0, 0.05) is 82.6 Å². The van der Waals surface area contributed by atoms with Crippen LogP contribution in [0.25, 0.3) is 207 Å². The minimum absolute atomic E-state index is 0.180. The van der Waals surface area contributed by atoms with Crippen molar-refractivity contribution in [2.75, 3.05) is 0 Å². The first-order chi connectivity index (χ1) is 53.6. The first-order valence-electron chi connectivity index (χ1n) is 36.6. The van der Waals surface area contributed by atoms with Crippen LogP contribution in [0.4, 0.5) is 0 Å². The molecule has 2 aliphatic rings. The van der Waals surface area contributed by atoms with Gasteiger partial charge in [-0.2, -0.15) is 0 Å². The second-order valence-corrected chi connectivity index (χ2v) is 35.0. The zero-order valence-corrected chi connectivity index (χ0v) is 63.6. The average molecular weight is 1560 g/mol. The minimum Gasteiger partial charge on any atom is -0.208 e. The molecule has 109 heavy (non-hydrogen) atoms. The van der Waals surface area contributed by atoms with Gasteiger partial charge >= 0.3 is 166 Å². The molecule has 15 aromatic carbocycles. The maximum absolute atomic E-state index is 5.41. The molecular weight excluding hydrogens is 1500 g/mol. The van der Waals surface area contributed by atoms with Crippen molar-refractivity contribution in [1.82, 2.24) is 29.9 Å². The van der Waals surface area contributed by atoms with Gasteiger partial charge in [-0.15, -0.1) is 34.0 Å². The SMILES string of the molecule is CC1(C)c2ccccc2-c2ccc(-c3nc(-c4ccc(-c5ccc6c(c5)sc5ccc(-c7cc(-c8ccc9sc%10ccccc%10c9c8)cc(-c8nc(-c9ccccc9)nc(-c9ccc(-c%10ccc%11c(c%10)-c%10ccccc%10[I-]%11)cc9)n8)c7)cc56)cc4)nc(-c4ccc(-c5ccc6sc7ccccc7c6c5)cc4)n3)cc21. The normalized spacial score (nSPS) is 12.8. The fourth-order valence-corrected chi connectivity index (χ4v) is 22.5. The summed E-state index contributed by atoms with van der Waals surface area (Å²) in [5.41, 5.74) is 24.5. The van der Waals surface area contributed by atoms with E-state index in [1.807, 2.05) is 52.2 Å². The van der Waals surface area contributed by atoms with Crippen molar-refractivity contribution < 1.29 is 21.2 Å². The smallest absolute Gasteiger partial charge is 0.164 e. The number of benzene rings is 15. The van der Waals surface area contributed by atoms with E-state index in [-0.39, 0.29) is 26.6 Å². The summed E-state index contributed by atoms with van der Waals surface area (Å²) in [6.07, 6.45) is 0. The van der Waals surface area contributed by atoms with Crippen LogP contribution in [0.2, 0.25) is 0 Å². The third-order valence-corrected chi connectivity index (χ3v) is 28.5. The molecule has 0 saturated heterocycles. The molecule has 6 nitrogen and oxygen atoms in total. The summed E-state index contributed by atoms with van der Waals surface area (Å²) in [6, 6.07) is 120. The van der Waals surface area contributed by atoms with Crippen LogP contribution in [0.1, 0.15) is 25.0 Å². The van der Waals surface area contributed by atoms with E-state index in [0.29, 0.717) is 34.9 Å². The fourth-order valence-electron chi connectivity index (χ4n) is 16.3. The monoisotopic (exact) mass is 1560 g/mol. The van der Waals surface area contributed by atoms with Gasteiger partial charge in [0.1, 0.15) is 0 Å². The fraction of sp³-hybridized carbons (Fsp3) is 0.0303. The Kier molecular flexibility index (Phi) is 14.9. The van der Waals surface area contributed by atoms with Crippen molar-refractivity contribution in [1.29, 1.82) is 0 Å². The van der Waals surface area contributed by atoms with Crippen LogP contribution in [-0.2, 0) is 5.41 Å². The number of fused-ring (bicyclic) bond motifs is 15. The third-order valence-electron chi connectivity index (χ3n) is 22.0. The van der Waals surface area contributed by atoms with Gasteiger partial charge in [0.15, 0.2) is 17.5 Å². The molecule has 6 heterocycles. The van der Waals surface area contributed by atoms with Crippen molar-refractivity contribution in [3.05, 3.63) is 346 Å². The molecule has 10 heteroatoms. The summed E-state index contributed by atoms with van der Waals surface area (Å²) in [4.78, 5) is 31.9. The quantitative estimate of drug-likeness (QED) is 0.120. The van der Waals surface area contributed by atoms with Crippen LogP contribution >= 0.6 is 34.0 Å². The van der Waals surface area contributed by atoms with Crippen LogP contribution in [0.3, 0.4) is 0 Å². The number of halogens is 1. The maximum Gasteiger partial charge on any atom is 0.164 e. The van der Waals surface area contributed by atoms with Gasteiger partial charge in [-0.1, -0.05) is 196 Å². The number of hydrogen-bond donors (Lipinski definition) is 0. The summed E-state index contributed by atoms with van der Waals surface area (Å²) in [6.45, 7) is 4.64. The first kappa shape index (κ1) is 63.9. The van der Waals surface area contributed by atoms with Gasteiger partial charge in [-0.05, 0) is 146 Å². The Hall–Kier alpha value is -12.3. The molecule has 1 aliphatic heterocycles. The molecular formula is C99H60IN6S3-. The molecule has 20 aromatic rings. The second-order valence-electron chi connectivity index (χ2n) is 28.9. The summed E-state index contributed by atoms with van der Waals surface area (Å²) in [7, 11) is 0.